The Bertz CT molecular complexity index is 355. The summed E-state index contributed by atoms with van der Waals surface area (Å²) < 4.78 is 0. The third kappa shape index (κ3) is 2.66. The van der Waals surface area contributed by atoms with E-state index < -0.39 is 0 Å². The highest BCUT2D eigenvalue weighted by Crippen LogP contribution is 2.16. The second kappa shape index (κ2) is 5.39. The van der Waals surface area contributed by atoms with Crippen molar-refractivity contribution in [3.8, 4) is 0 Å². The first kappa shape index (κ1) is 12.4. The molecule has 0 aromatic heterocycles. The molecule has 0 saturated heterocycles. The van der Waals surface area contributed by atoms with Crippen molar-refractivity contribution >= 4 is 6.29 Å². The van der Waals surface area contributed by atoms with Crippen LogP contribution in [-0.2, 0) is 4.79 Å². The molecule has 0 bridgehead atoms. The van der Waals surface area contributed by atoms with Gasteiger partial charge in [-0.15, -0.1) is 0 Å². The standard InChI is InChI=1S/C12H19N3O/c1-10(12(13)9-16)14(2)15(3)11-7-5-4-6-8-11/h5,7-9H,4,6,13H2,1-3H3/b12-10+. The molecule has 0 amide bonds. The maximum absolute atomic E-state index is 10.6. The van der Waals surface area contributed by atoms with E-state index in [2.05, 4.69) is 18.2 Å². The van der Waals surface area contributed by atoms with E-state index in [4.69, 9.17) is 5.73 Å². The third-order valence-corrected chi connectivity index (χ3v) is 2.83. The van der Waals surface area contributed by atoms with Gasteiger partial charge in [0.1, 0.15) is 0 Å². The zero-order valence-corrected chi connectivity index (χ0v) is 10.1. The van der Waals surface area contributed by atoms with Crippen molar-refractivity contribution < 1.29 is 4.79 Å². The predicted molar refractivity (Wildman–Crippen MR) is 64.9 cm³/mol. The second-order valence-electron chi connectivity index (χ2n) is 3.81. The number of nitrogens with zero attached hydrogens (tertiary/aromatic N) is 2. The molecule has 88 valence electrons. The lowest BCUT2D eigenvalue weighted by molar-refractivity contribution is -0.105. The van der Waals surface area contributed by atoms with Crippen LogP contribution < -0.4 is 5.73 Å². The Morgan fingerprint density at radius 1 is 1.44 bits per heavy atom. The zero-order valence-electron chi connectivity index (χ0n) is 10.1. The van der Waals surface area contributed by atoms with Crippen molar-refractivity contribution in [1.82, 2.24) is 10.0 Å². The van der Waals surface area contributed by atoms with Gasteiger partial charge in [-0.1, -0.05) is 12.2 Å². The molecule has 0 heterocycles. The van der Waals surface area contributed by atoms with Gasteiger partial charge in [-0.3, -0.25) is 14.8 Å². The maximum Gasteiger partial charge on any atom is 0.167 e. The van der Waals surface area contributed by atoms with Gasteiger partial charge in [0.2, 0.25) is 0 Å². The summed E-state index contributed by atoms with van der Waals surface area (Å²) in [5.41, 5.74) is 7.71. The van der Waals surface area contributed by atoms with Gasteiger partial charge in [0.05, 0.1) is 17.1 Å². The topological polar surface area (TPSA) is 49.6 Å². The first-order valence-electron chi connectivity index (χ1n) is 5.33. The summed E-state index contributed by atoms with van der Waals surface area (Å²) in [6.45, 7) is 1.83. The van der Waals surface area contributed by atoms with E-state index in [1.54, 1.807) is 0 Å². The average molecular weight is 221 g/mol. The van der Waals surface area contributed by atoms with E-state index in [1.165, 1.54) is 0 Å². The summed E-state index contributed by atoms with van der Waals surface area (Å²) in [5.74, 6) is 0. The molecule has 1 aliphatic rings. The zero-order chi connectivity index (χ0) is 12.1. The summed E-state index contributed by atoms with van der Waals surface area (Å²) in [5, 5.41) is 3.84. The van der Waals surface area contributed by atoms with Crippen LogP contribution in [0.15, 0.2) is 35.3 Å². The fourth-order valence-corrected chi connectivity index (χ4v) is 1.51. The minimum atomic E-state index is 0.259. The van der Waals surface area contributed by atoms with Crippen LogP contribution in [0, 0.1) is 0 Å². The van der Waals surface area contributed by atoms with Gasteiger partial charge in [-0.2, -0.15) is 0 Å². The van der Waals surface area contributed by atoms with Gasteiger partial charge >= 0.3 is 0 Å². The van der Waals surface area contributed by atoms with Crippen molar-refractivity contribution in [2.75, 3.05) is 14.1 Å². The Morgan fingerprint density at radius 2 is 2.12 bits per heavy atom. The molecule has 0 fully saturated rings. The highest BCUT2D eigenvalue weighted by atomic mass is 16.1. The Balaban J connectivity index is 2.81. The second-order valence-corrected chi connectivity index (χ2v) is 3.81. The number of likely N-dealkylation sites (N-methyl/N-ethyl adjacent to an activating group) is 1. The van der Waals surface area contributed by atoms with Crippen molar-refractivity contribution in [3.05, 3.63) is 35.3 Å². The Morgan fingerprint density at radius 3 is 2.62 bits per heavy atom. The molecule has 0 aromatic carbocycles. The lowest BCUT2D eigenvalue weighted by Crippen LogP contribution is -2.35. The van der Waals surface area contributed by atoms with Crippen LogP contribution in [0.2, 0.25) is 0 Å². The molecule has 4 heteroatoms. The van der Waals surface area contributed by atoms with Gasteiger partial charge < -0.3 is 5.73 Å². The molecule has 0 unspecified atom stereocenters. The quantitative estimate of drug-likeness (QED) is 0.443. The van der Waals surface area contributed by atoms with Crippen molar-refractivity contribution in [3.63, 3.8) is 0 Å². The molecule has 16 heavy (non-hydrogen) atoms. The van der Waals surface area contributed by atoms with Crippen LogP contribution in [0.1, 0.15) is 19.8 Å². The van der Waals surface area contributed by atoms with Gasteiger partial charge in [-0.25, -0.2) is 0 Å². The molecule has 0 atom stereocenters. The van der Waals surface area contributed by atoms with Crippen molar-refractivity contribution in [1.29, 1.82) is 0 Å². The van der Waals surface area contributed by atoms with Gasteiger partial charge in [0, 0.05) is 14.1 Å². The third-order valence-electron chi connectivity index (χ3n) is 2.83. The number of carbonyl (C=O) groups excluding carboxylic acids is 1. The van der Waals surface area contributed by atoms with E-state index in [-0.39, 0.29) is 5.70 Å². The largest absolute Gasteiger partial charge is 0.395 e. The molecule has 2 N–H and O–H groups in total. The average Bonchev–Trinajstić information content (AvgIpc) is 2.36. The predicted octanol–water partition coefficient (Wildman–Crippen LogP) is 1.39. The van der Waals surface area contributed by atoms with Crippen molar-refractivity contribution in [2.45, 2.75) is 19.8 Å². The summed E-state index contributed by atoms with van der Waals surface area (Å²) in [4.78, 5) is 10.6. The number of carbonyl (C=O) groups is 1. The monoisotopic (exact) mass is 221 g/mol. The molecule has 0 saturated carbocycles. The van der Waals surface area contributed by atoms with E-state index in [0.29, 0.717) is 6.29 Å². The summed E-state index contributed by atoms with van der Waals surface area (Å²) in [6, 6.07) is 0. The molecular formula is C12H19N3O. The normalized spacial score (nSPS) is 16.3. The van der Waals surface area contributed by atoms with Crippen LogP contribution >= 0.6 is 0 Å². The first-order chi connectivity index (χ1) is 7.57. The summed E-state index contributed by atoms with van der Waals surface area (Å²) in [7, 11) is 3.83. The van der Waals surface area contributed by atoms with Gasteiger partial charge in [0.25, 0.3) is 0 Å². The van der Waals surface area contributed by atoms with Crippen LogP contribution in [0.4, 0.5) is 0 Å². The molecular weight excluding hydrogens is 202 g/mol. The number of hydrogen-bond donors (Lipinski definition) is 1. The summed E-state index contributed by atoms with van der Waals surface area (Å²) >= 11 is 0. The molecule has 0 radical (unpaired) electrons. The fraction of sp³-hybridized carbons (Fsp3) is 0.417. The van der Waals surface area contributed by atoms with E-state index in [1.807, 2.05) is 31.0 Å². The van der Waals surface area contributed by atoms with E-state index >= 15 is 0 Å². The summed E-state index contributed by atoms with van der Waals surface area (Å²) in [6.07, 6.45) is 9.19. The highest BCUT2D eigenvalue weighted by Gasteiger charge is 2.11. The van der Waals surface area contributed by atoms with Crippen molar-refractivity contribution in [2.24, 2.45) is 5.73 Å². The number of hydrogen-bond acceptors (Lipinski definition) is 4. The molecule has 0 aromatic rings. The highest BCUT2D eigenvalue weighted by molar-refractivity contribution is 5.72. The number of hydrazine groups is 1. The van der Waals surface area contributed by atoms with Crippen LogP contribution in [0.25, 0.3) is 0 Å². The fourth-order valence-electron chi connectivity index (χ4n) is 1.51. The Kier molecular flexibility index (Phi) is 4.17. The minimum absolute atomic E-state index is 0.259. The molecule has 0 spiro atoms. The lowest BCUT2D eigenvalue weighted by atomic mass is 10.1. The number of rotatable bonds is 4. The van der Waals surface area contributed by atoms with Gasteiger partial charge in [-0.05, 0) is 25.8 Å². The Labute approximate surface area is 96.7 Å². The van der Waals surface area contributed by atoms with Crippen LogP contribution in [0.3, 0.4) is 0 Å². The first-order valence-corrected chi connectivity index (χ1v) is 5.33. The van der Waals surface area contributed by atoms with Gasteiger partial charge in [0.15, 0.2) is 6.29 Å². The smallest absolute Gasteiger partial charge is 0.167 e. The SMILES string of the molecule is C/C(=C(\N)C=O)N(C)N(C)C1=CCCC=C1. The number of nitrogens with two attached hydrogens (primary N) is 1. The molecule has 0 aliphatic heterocycles. The maximum atomic E-state index is 10.6. The molecule has 4 nitrogen and oxygen atoms in total. The molecule has 1 rings (SSSR count). The minimum Gasteiger partial charge on any atom is -0.395 e. The molecule has 1 aliphatic carbocycles. The van der Waals surface area contributed by atoms with E-state index in [0.717, 1.165) is 24.2 Å². The number of allylic oxidation sites excluding steroid dienone is 5. The Hall–Kier alpha value is -1.71. The number of aldehydes is 1. The van der Waals surface area contributed by atoms with Crippen LogP contribution in [-0.4, -0.2) is 30.4 Å². The van der Waals surface area contributed by atoms with Crippen LogP contribution in [0.5, 0.6) is 0 Å². The van der Waals surface area contributed by atoms with E-state index in [9.17, 15) is 4.79 Å². The lowest BCUT2D eigenvalue weighted by Gasteiger charge is -2.34.